The van der Waals surface area contributed by atoms with Crippen molar-refractivity contribution in [3.8, 4) is 11.1 Å². The van der Waals surface area contributed by atoms with Crippen molar-refractivity contribution >= 4 is 27.7 Å². The first-order chi connectivity index (χ1) is 10.3. The van der Waals surface area contributed by atoms with E-state index in [0.717, 1.165) is 33.0 Å². The molecule has 2 heteroatoms. The first-order valence-corrected chi connectivity index (χ1v) is 6.93. The van der Waals surface area contributed by atoms with Crippen molar-refractivity contribution in [2.45, 2.75) is 0 Å². The topological polar surface area (TPSA) is 30.2 Å². The number of fused-ring (bicyclic) bond motifs is 7. The third-order valence-corrected chi connectivity index (χ3v) is 4.24. The van der Waals surface area contributed by atoms with Crippen LogP contribution in [0.4, 0.5) is 0 Å². The van der Waals surface area contributed by atoms with Gasteiger partial charge in [0, 0.05) is 16.3 Å². The Balaban J connectivity index is 1.98. The summed E-state index contributed by atoms with van der Waals surface area (Å²) in [6.45, 7) is 0. The van der Waals surface area contributed by atoms with Crippen LogP contribution in [0.2, 0.25) is 0 Å². The number of carbonyl (C=O) groups excluding carboxylic acids is 1. The number of ketones is 1. The second kappa shape index (κ2) is 3.61. The summed E-state index contributed by atoms with van der Waals surface area (Å²) in [4.78, 5) is 12.7. The molecule has 21 heavy (non-hydrogen) atoms. The molecular formula is C19H10O2. The molecule has 0 atom stereocenters. The summed E-state index contributed by atoms with van der Waals surface area (Å²) in [5, 5.41) is 2.06. The highest BCUT2D eigenvalue weighted by Crippen LogP contribution is 2.42. The molecule has 0 unspecified atom stereocenters. The zero-order valence-electron chi connectivity index (χ0n) is 11.1. The van der Waals surface area contributed by atoms with E-state index >= 15 is 0 Å². The Hall–Kier alpha value is -2.87. The summed E-state index contributed by atoms with van der Waals surface area (Å²) in [6.07, 6.45) is 0. The summed E-state index contributed by atoms with van der Waals surface area (Å²) in [6, 6.07) is 19.7. The van der Waals surface area contributed by atoms with Gasteiger partial charge in [-0.1, -0.05) is 48.5 Å². The molecule has 0 aliphatic heterocycles. The van der Waals surface area contributed by atoms with Crippen molar-refractivity contribution in [1.29, 1.82) is 0 Å². The Bertz CT molecular complexity index is 1050. The third-order valence-electron chi connectivity index (χ3n) is 4.24. The van der Waals surface area contributed by atoms with Gasteiger partial charge in [-0.2, -0.15) is 0 Å². The Morgan fingerprint density at radius 3 is 2.33 bits per heavy atom. The van der Waals surface area contributed by atoms with Gasteiger partial charge in [-0.15, -0.1) is 0 Å². The molecule has 0 spiro atoms. The van der Waals surface area contributed by atoms with Gasteiger partial charge in [0.05, 0.1) is 5.56 Å². The van der Waals surface area contributed by atoms with E-state index in [0.29, 0.717) is 11.1 Å². The molecule has 5 rings (SSSR count). The van der Waals surface area contributed by atoms with Gasteiger partial charge in [-0.25, -0.2) is 0 Å². The van der Waals surface area contributed by atoms with Crippen molar-refractivity contribution in [2.24, 2.45) is 0 Å². The maximum Gasteiger partial charge on any atom is 0.198 e. The van der Waals surface area contributed by atoms with Crippen molar-refractivity contribution in [3.63, 3.8) is 0 Å². The van der Waals surface area contributed by atoms with E-state index in [-0.39, 0.29) is 5.78 Å². The van der Waals surface area contributed by atoms with Gasteiger partial charge in [-0.05, 0) is 23.3 Å². The maximum atomic E-state index is 12.7. The number of furan rings is 1. The summed E-state index contributed by atoms with van der Waals surface area (Å²) >= 11 is 0. The summed E-state index contributed by atoms with van der Waals surface area (Å²) < 4.78 is 5.98. The van der Waals surface area contributed by atoms with Crippen LogP contribution < -0.4 is 0 Å². The quantitative estimate of drug-likeness (QED) is 0.404. The SMILES string of the molecule is O=C1c2ccccc2-c2ccc3c(oc4ccccc43)c21. The number of hydrogen-bond donors (Lipinski definition) is 0. The monoisotopic (exact) mass is 270 g/mol. The van der Waals surface area contributed by atoms with E-state index in [2.05, 4.69) is 6.07 Å². The minimum absolute atomic E-state index is 0.0604. The molecule has 0 saturated carbocycles. The van der Waals surface area contributed by atoms with Crippen LogP contribution in [-0.4, -0.2) is 5.78 Å². The normalized spacial score (nSPS) is 12.9. The van der Waals surface area contributed by atoms with Gasteiger partial charge in [0.2, 0.25) is 0 Å². The number of rotatable bonds is 0. The second-order valence-electron chi connectivity index (χ2n) is 5.34. The fourth-order valence-electron chi connectivity index (χ4n) is 3.29. The van der Waals surface area contributed by atoms with E-state index in [1.807, 2.05) is 54.6 Å². The molecule has 3 aromatic carbocycles. The largest absolute Gasteiger partial charge is 0.455 e. The van der Waals surface area contributed by atoms with Crippen LogP contribution in [0, 0.1) is 0 Å². The number of benzene rings is 3. The Kier molecular flexibility index (Phi) is 1.87. The minimum Gasteiger partial charge on any atom is -0.455 e. The molecule has 98 valence electrons. The molecule has 4 aromatic rings. The van der Waals surface area contributed by atoms with E-state index in [4.69, 9.17) is 4.42 Å². The standard InChI is InChI=1S/C19H10O2/c20-18-14-7-2-1-5-11(14)13-9-10-15-12-6-3-4-8-16(12)21-19(15)17(13)18/h1-10H. The molecular weight excluding hydrogens is 260 g/mol. The molecule has 1 aromatic heterocycles. The third kappa shape index (κ3) is 1.24. The fraction of sp³-hybridized carbons (Fsp3) is 0. The van der Waals surface area contributed by atoms with Crippen LogP contribution in [0.15, 0.2) is 65.1 Å². The van der Waals surface area contributed by atoms with Crippen LogP contribution in [0.3, 0.4) is 0 Å². The van der Waals surface area contributed by atoms with Crippen molar-refractivity contribution in [2.75, 3.05) is 0 Å². The van der Waals surface area contributed by atoms with Crippen LogP contribution in [-0.2, 0) is 0 Å². The molecule has 0 fully saturated rings. The van der Waals surface area contributed by atoms with Gasteiger partial charge in [0.1, 0.15) is 11.2 Å². The van der Waals surface area contributed by atoms with Crippen molar-refractivity contribution in [1.82, 2.24) is 0 Å². The maximum absolute atomic E-state index is 12.7. The van der Waals surface area contributed by atoms with E-state index in [9.17, 15) is 4.79 Å². The van der Waals surface area contributed by atoms with E-state index in [1.165, 1.54) is 0 Å². The van der Waals surface area contributed by atoms with E-state index < -0.39 is 0 Å². The second-order valence-corrected chi connectivity index (χ2v) is 5.34. The predicted octanol–water partition coefficient (Wildman–Crippen LogP) is 4.80. The molecule has 0 bridgehead atoms. The van der Waals surface area contributed by atoms with Gasteiger partial charge in [-0.3, -0.25) is 4.79 Å². The zero-order valence-corrected chi connectivity index (χ0v) is 11.1. The average Bonchev–Trinajstić information content (AvgIpc) is 3.04. The van der Waals surface area contributed by atoms with Gasteiger partial charge in [0.25, 0.3) is 0 Å². The van der Waals surface area contributed by atoms with Gasteiger partial charge < -0.3 is 4.42 Å². The lowest BCUT2D eigenvalue weighted by atomic mass is 10.0. The zero-order chi connectivity index (χ0) is 14.0. The summed E-state index contributed by atoms with van der Waals surface area (Å²) in [5.74, 6) is 0.0604. The van der Waals surface area contributed by atoms with Crippen molar-refractivity contribution < 1.29 is 9.21 Å². The highest BCUT2D eigenvalue weighted by atomic mass is 16.3. The molecule has 1 aliphatic rings. The predicted molar refractivity (Wildman–Crippen MR) is 82.6 cm³/mol. The Morgan fingerprint density at radius 1 is 0.667 bits per heavy atom. The molecule has 0 radical (unpaired) electrons. The fourth-order valence-corrected chi connectivity index (χ4v) is 3.29. The van der Waals surface area contributed by atoms with E-state index in [1.54, 1.807) is 0 Å². The first kappa shape index (κ1) is 10.9. The lowest BCUT2D eigenvalue weighted by Crippen LogP contribution is -1.95. The molecule has 0 saturated heterocycles. The average molecular weight is 270 g/mol. The van der Waals surface area contributed by atoms with Crippen LogP contribution >= 0.6 is 0 Å². The van der Waals surface area contributed by atoms with Gasteiger partial charge >= 0.3 is 0 Å². The van der Waals surface area contributed by atoms with Crippen LogP contribution in [0.1, 0.15) is 15.9 Å². The lowest BCUT2D eigenvalue weighted by Gasteiger charge is -1.99. The van der Waals surface area contributed by atoms with Crippen LogP contribution in [0.5, 0.6) is 0 Å². The molecule has 0 amide bonds. The Morgan fingerprint density at radius 2 is 1.43 bits per heavy atom. The number of para-hydroxylation sites is 1. The van der Waals surface area contributed by atoms with Gasteiger partial charge in [0.15, 0.2) is 5.78 Å². The lowest BCUT2D eigenvalue weighted by molar-refractivity contribution is 0.104. The molecule has 0 N–H and O–H groups in total. The highest BCUT2D eigenvalue weighted by Gasteiger charge is 2.30. The Labute approximate surface area is 120 Å². The minimum atomic E-state index is 0.0604. The van der Waals surface area contributed by atoms with Crippen molar-refractivity contribution in [3.05, 3.63) is 71.8 Å². The summed E-state index contributed by atoms with van der Waals surface area (Å²) in [5.41, 5.74) is 4.96. The first-order valence-electron chi connectivity index (χ1n) is 6.93. The number of hydrogen-bond acceptors (Lipinski definition) is 2. The summed E-state index contributed by atoms with van der Waals surface area (Å²) in [7, 11) is 0. The molecule has 1 aliphatic carbocycles. The highest BCUT2D eigenvalue weighted by molar-refractivity contribution is 6.28. The van der Waals surface area contributed by atoms with Crippen LogP contribution in [0.25, 0.3) is 33.1 Å². The smallest absolute Gasteiger partial charge is 0.198 e. The molecule has 2 nitrogen and oxygen atoms in total. The molecule has 1 heterocycles. The number of carbonyl (C=O) groups is 1.